The maximum atomic E-state index is 11.7. The minimum atomic E-state index is -0.308. The number of ether oxygens (including phenoxy) is 1. The van der Waals surface area contributed by atoms with Crippen molar-refractivity contribution in [2.75, 3.05) is 4.93 Å². The Labute approximate surface area is 127 Å². The fourth-order valence-electron chi connectivity index (χ4n) is 1.49. The molecule has 0 unspecified atom stereocenters. The molecule has 100 valence electrons. The minimum absolute atomic E-state index is 0.251. The summed E-state index contributed by atoms with van der Waals surface area (Å²) in [5.74, 6) is -0.308. The van der Waals surface area contributed by atoms with Crippen LogP contribution in [-0.4, -0.2) is 15.9 Å². The van der Waals surface area contributed by atoms with Crippen molar-refractivity contribution in [3.63, 3.8) is 0 Å². The second-order valence-corrected chi connectivity index (χ2v) is 3.81. The number of aryl methyl sites for hydroxylation is 1. The van der Waals surface area contributed by atoms with Crippen LogP contribution in [0.5, 0.6) is 0 Å². The van der Waals surface area contributed by atoms with Gasteiger partial charge in [0.05, 0.1) is 5.56 Å². The highest BCUT2D eigenvalue weighted by molar-refractivity contribution is 14.1. The van der Waals surface area contributed by atoms with Gasteiger partial charge in [0.25, 0.3) is 0 Å². The van der Waals surface area contributed by atoms with Crippen molar-refractivity contribution in [2.45, 2.75) is 13.5 Å². The Bertz CT molecular complexity index is 515. The van der Waals surface area contributed by atoms with Crippen LogP contribution in [0, 0.1) is 6.92 Å². The standard InChI is InChI=1S/C14H13NO2.CH3I/c1-11-4-2-6-13(8-11)14(16)17-10-12-5-3-7-15-9-12;1-2/h2-9H,10H2,1H3;1H3. The molecule has 0 amide bonds. The molecule has 0 aliphatic carbocycles. The first-order chi connectivity index (χ1) is 9.25. The Morgan fingerprint density at radius 3 is 2.68 bits per heavy atom. The van der Waals surface area contributed by atoms with E-state index in [4.69, 9.17) is 4.74 Å². The lowest BCUT2D eigenvalue weighted by molar-refractivity contribution is 0.0472. The zero-order valence-corrected chi connectivity index (χ0v) is 13.1. The Morgan fingerprint density at radius 1 is 1.26 bits per heavy atom. The average molecular weight is 369 g/mol. The van der Waals surface area contributed by atoms with Crippen LogP contribution in [0.3, 0.4) is 0 Å². The van der Waals surface area contributed by atoms with Gasteiger partial charge in [0.2, 0.25) is 0 Å². The SMILES string of the molecule is CI.Cc1cccc(C(=O)OCc2cccnc2)c1. The van der Waals surface area contributed by atoms with E-state index in [1.807, 2.05) is 42.2 Å². The minimum Gasteiger partial charge on any atom is -0.457 e. The fourth-order valence-corrected chi connectivity index (χ4v) is 1.49. The number of halogens is 1. The highest BCUT2D eigenvalue weighted by Crippen LogP contribution is 2.07. The van der Waals surface area contributed by atoms with Crippen molar-refractivity contribution in [1.29, 1.82) is 0 Å². The number of esters is 1. The molecule has 0 N–H and O–H groups in total. The van der Waals surface area contributed by atoms with Gasteiger partial charge in [0.15, 0.2) is 0 Å². The molecule has 2 aromatic rings. The van der Waals surface area contributed by atoms with Crippen molar-refractivity contribution in [2.24, 2.45) is 0 Å². The second kappa shape index (κ2) is 8.63. The first kappa shape index (κ1) is 15.6. The van der Waals surface area contributed by atoms with Gasteiger partial charge in [-0.3, -0.25) is 4.98 Å². The topological polar surface area (TPSA) is 39.2 Å². The van der Waals surface area contributed by atoms with E-state index in [0.29, 0.717) is 5.56 Å². The normalized spacial score (nSPS) is 9.21. The maximum Gasteiger partial charge on any atom is 0.338 e. The molecule has 3 nitrogen and oxygen atoms in total. The molecule has 2 rings (SSSR count). The van der Waals surface area contributed by atoms with Crippen LogP contribution in [0.1, 0.15) is 21.5 Å². The number of hydrogen-bond acceptors (Lipinski definition) is 3. The van der Waals surface area contributed by atoms with Gasteiger partial charge < -0.3 is 4.74 Å². The van der Waals surface area contributed by atoms with Crippen LogP contribution in [0.4, 0.5) is 0 Å². The quantitative estimate of drug-likeness (QED) is 0.469. The van der Waals surface area contributed by atoms with Crippen LogP contribution < -0.4 is 0 Å². The molecule has 19 heavy (non-hydrogen) atoms. The molecule has 0 spiro atoms. The number of nitrogens with zero attached hydrogens (tertiary/aromatic N) is 1. The maximum absolute atomic E-state index is 11.7. The molecule has 4 heteroatoms. The van der Waals surface area contributed by atoms with E-state index >= 15 is 0 Å². The largest absolute Gasteiger partial charge is 0.457 e. The second-order valence-electron chi connectivity index (χ2n) is 3.81. The molecule has 1 aromatic heterocycles. The molecule has 0 saturated carbocycles. The lowest BCUT2D eigenvalue weighted by atomic mass is 10.1. The van der Waals surface area contributed by atoms with E-state index in [9.17, 15) is 4.79 Å². The van der Waals surface area contributed by atoms with Crippen LogP contribution in [0.2, 0.25) is 0 Å². The van der Waals surface area contributed by atoms with Crippen LogP contribution in [0.25, 0.3) is 0 Å². The third-order valence-electron chi connectivity index (χ3n) is 2.35. The van der Waals surface area contributed by atoms with E-state index in [2.05, 4.69) is 27.6 Å². The van der Waals surface area contributed by atoms with Gasteiger partial charge >= 0.3 is 5.97 Å². The van der Waals surface area contributed by atoms with Gasteiger partial charge in [0.1, 0.15) is 6.61 Å². The van der Waals surface area contributed by atoms with Gasteiger partial charge in [-0.25, -0.2) is 4.79 Å². The molecule has 0 atom stereocenters. The van der Waals surface area contributed by atoms with Gasteiger partial charge in [0, 0.05) is 18.0 Å². The first-order valence-electron chi connectivity index (χ1n) is 5.76. The Balaban J connectivity index is 0.000000861. The molecule has 0 bridgehead atoms. The van der Waals surface area contributed by atoms with Crippen molar-refractivity contribution in [1.82, 2.24) is 4.98 Å². The predicted octanol–water partition coefficient (Wildman–Crippen LogP) is 3.80. The number of hydrogen-bond donors (Lipinski definition) is 0. The summed E-state index contributed by atoms with van der Waals surface area (Å²) in [6.45, 7) is 2.19. The summed E-state index contributed by atoms with van der Waals surface area (Å²) < 4.78 is 5.19. The summed E-state index contributed by atoms with van der Waals surface area (Å²) in [5, 5.41) is 0. The third kappa shape index (κ3) is 5.38. The van der Waals surface area contributed by atoms with E-state index in [1.165, 1.54) is 0 Å². The Morgan fingerprint density at radius 2 is 2.05 bits per heavy atom. The lowest BCUT2D eigenvalue weighted by Crippen LogP contribution is -2.05. The first-order valence-corrected chi connectivity index (χ1v) is 7.92. The van der Waals surface area contributed by atoms with E-state index in [1.54, 1.807) is 18.5 Å². The average Bonchev–Trinajstić information content (AvgIpc) is 2.48. The van der Waals surface area contributed by atoms with Crippen molar-refractivity contribution < 1.29 is 9.53 Å². The molecule has 0 fully saturated rings. The molecule has 1 aromatic carbocycles. The van der Waals surface area contributed by atoms with Gasteiger partial charge in [-0.2, -0.15) is 0 Å². The summed E-state index contributed by atoms with van der Waals surface area (Å²) >= 11 is 2.15. The molecular formula is C15H16INO2. The van der Waals surface area contributed by atoms with Crippen molar-refractivity contribution >= 4 is 28.6 Å². The number of pyridine rings is 1. The molecular weight excluding hydrogens is 353 g/mol. The highest BCUT2D eigenvalue weighted by atomic mass is 127. The molecule has 0 saturated heterocycles. The van der Waals surface area contributed by atoms with Crippen molar-refractivity contribution in [3.05, 3.63) is 65.5 Å². The monoisotopic (exact) mass is 369 g/mol. The Kier molecular flexibility index (Phi) is 7.10. The van der Waals surface area contributed by atoms with E-state index in [0.717, 1.165) is 11.1 Å². The van der Waals surface area contributed by atoms with Gasteiger partial charge in [-0.05, 0) is 30.1 Å². The summed E-state index contributed by atoms with van der Waals surface area (Å²) in [6.07, 6.45) is 3.37. The predicted molar refractivity (Wildman–Crippen MR) is 84.5 cm³/mol. The molecule has 0 aliphatic rings. The van der Waals surface area contributed by atoms with E-state index < -0.39 is 0 Å². The summed E-state index contributed by atoms with van der Waals surface area (Å²) in [6, 6.07) is 11.0. The molecule has 0 aliphatic heterocycles. The zero-order valence-electron chi connectivity index (χ0n) is 11.0. The van der Waals surface area contributed by atoms with E-state index in [-0.39, 0.29) is 12.6 Å². The number of benzene rings is 1. The smallest absolute Gasteiger partial charge is 0.338 e. The number of aromatic nitrogens is 1. The van der Waals surface area contributed by atoms with Gasteiger partial charge in [-0.15, -0.1) is 0 Å². The zero-order chi connectivity index (χ0) is 14.1. The number of alkyl halides is 1. The lowest BCUT2D eigenvalue weighted by Gasteiger charge is -2.05. The molecule has 0 radical (unpaired) electrons. The number of carbonyl (C=O) groups is 1. The summed E-state index contributed by atoms with van der Waals surface area (Å²) in [7, 11) is 0. The number of rotatable bonds is 3. The third-order valence-corrected chi connectivity index (χ3v) is 2.35. The summed E-state index contributed by atoms with van der Waals surface area (Å²) in [5.41, 5.74) is 2.50. The fraction of sp³-hybridized carbons (Fsp3) is 0.200. The van der Waals surface area contributed by atoms with Gasteiger partial charge in [-0.1, -0.05) is 46.4 Å². The Hall–Kier alpha value is -1.43. The molecule has 1 heterocycles. The van der Waals surface area contributed by atoms with Crippen LogP contribution >= 0.6 is 22.6 Å². The van der Waals surface area contributed by atoms with Crippen molar-refractivity contribution in [3.8, 4) is 0 Å². The van der Waals surface area contributed by atoms with Crippen LogP contribution in [-0.2, 0) is 11.3 Å². The van der Waals surface area contributed by atoms with Crippen LogP contribution in [0.15, 0.2) is 48.8 Å². The summed E-state index contributed by atoms with van der Waals surface area (Å²) in [4.78, 5) is 17.7. The number of carbonyl (C=O) groups excluding carboxylic acids is 1. The highest BCUT2D eigenvalue weighted by Gasteiger charge is 2.06.